The molecular weight excluding hydrogens is 516 g/mol. The van der Waals surface area contributed by atoms with Crippen LogP contribution in [0.25, 0.3) is 0 Å². The van der Waals surface area contributed by atoms with Crippen LogP contribution in [0.4, 0.5) is 0 Å². The number of hydrogen-bond acceptors (Lipinski definition) is 7. The fourth-order valence-electron chi connectivity index (χ4n) is 8.95. The maximum absolute atomic E-state index is 13.9. The van der Waals surface area contributed by atoms with Crippen molar-refractivity contribution in [3.05, 3.63) is 0 Å². The smallest absolute Gasteiger partial charge is 0.240 e. The molecule has 6 rings (SSSR count). The van der Waals surface area contributed by atoms with Crippen LogP contribution >= 0.6 is 0 Å². The van der Waals surface area contributed by atoms with Crippen LogP contribution in [0.3, 0.4) is 0 Å². The Morgan fingerprint density at radius 1 is 1.17 bits per heavy atom. The highest BCUT2D eigenvalue weighted by atomic mass is 16.7. The minimum Gasteiger partial charge on any atom is -0.394 e. The molecule has 2 saturated heterocycles. The van der Waals surface area contributed by atoms with E-state index in [-0.39, 0.29) is 18.6 Å². The van der Waals surface area contributed by atoms with E-state index in [1.807, 2.05) is 5.06 Å². The zero-order chi connectivity index (χ0) is 29.1. The van der Waals surface area contributed by atoms with Gasteiger partial charge in [0, 0.05) is 37.0 Å². The molecule has 41 heavy (non-hydrogen) atoms. The van der Waals surface area contributed by atoms with Crippen LogP contribution in [-0.2, 0) is 9.63 Å². The summed E-state index contributed by atoms with van der Waals surface area (Å²) < 4.78 is 0. The van der Waals surface area contributed by atoms with Crippen molar-refractivity contribution in [2.75, 3.05) is 32.8 Å². The largest absolute Gasteiger partial charge is 0.394 e. The van der Waals surface area contributed by atoms with Gasteiger partial charge in [-0.1, -0.05) is 45.5 Å². The van der Waals surface area contributed by atoms with Gasteiger partial charge in [-0.05, 0) is 87.5 Å². The first-order valence-corrected chi connectivity index (χ1v) is 16.6. The number of carbonyl (C=O) groups is 1. The third-order valence-electron chi connectivity index (χ3n) is 11.6. The fourth-order valence-corrected chi connectivity index (χ4v) is 8.95. The molecule has 8 nitrogen and oxygen atoms in total. The quantitative estimate of drug-likeness (QED) is 0.214. The Balaban J connectivity index is 1.17. The number of hydrogen-bond donors (Lipinski definition) is 5. The summed E-state index contributed by atoms with van der Waals surface area (Å²) in [5.74, 6) is 8.81. The number of nitrogens with one attached hydrogen (secondary N) is 3. The lowest BCUT2D eigenvalue weighted by Crippen LogP contribution is -2.62. The van der Waals surface area contributed by atoms with Crippen LogP contribution < -0.4 is 16.0 Å². The second-order valence-electron chi connectivity index (χ2n) is 14.6. The Kier molecular flexibility index (Phi) is 10.4. The van der Waals surface area contributed by atoms with Crippen LogP contribution in [0.1, 0.15) is 85.5 Å². The molecule has 4 aliphatic carbocycles. The van der Waals surface area contributed by atoms with Gasteiger partial charge in [-0.3, -0.25) is 9.63 Å². The normalized spacial score (nSPS) is 41.1. The minimum absolute atomic E-state index is 0.0616. The summed E-state index contributed by atoms with van der Waals surface area (Å²) in [6.07, 6.45) is 9.10. The van der Waals surface area contributed by atoms with Crippen LogP contribution in [0, 0.1) is 52.8 Å². The highest BCUT2D eigenvalue weighted by Gasteiger charge is 2.57. The first kappa shape index (κ1) is 31.2. The van der Waals surface area contributed by atoms with E-state index in [0.717, 1.165) is 51.7 Å². The van der Waals surface area contributed by atoms with E-state index < -0.39 is 24.2 Å². The molecule has 2 aliphatic heterocycles. The lowest BCUT2D eigenvalue weighted by Gasteiger charge is -2.62. The van der Waals surface area contributed by atoms with Gasteiger partial charge in [0.05, 0.1) is 19.3 Å². The van der Waals surface area contributed by atoms with Crippen molar-refractivity contribution in [1.29, 1.82) is 0 Å². The molecule has 2 heterocycles. The van der Waals surface area contributed by atoms with Crippen molar-refractivity contribution in [3.8, 4) is 11.8 Å². The Morgan fingerprint density at radius 2 is 2.00 bits per heavy atom. The zero-order valence-electron chi connectivity index (χ0n) is 25.9. The van der Waals surface area contributed by atoms with Crippen LogP contribution in [0.2, 0.25) is 0 Å². The fraction of sp³-hybridized carbons (Fsp3) is 0.909. The molecule has 0 radical (unpaired) electrons. The van der Waals surface area contributed by atoms with Crippen molar-refractivity contribution in [1.82, 2.24) is 21.0 Å². The van der Waals surface area contributed by atoms with Gasteiger partial charge in [0.25, 0.3) is 0 Å². The number of carbonyl (C=O) groups excluding carboxylic acids is 1. The summed E-state index contributed by atoms with van der Waals surface area (Å²) in [4.78, 5) is 20.1. The maximum Gasteiger partial charge on any atom is 0.240 e. The van der Waals surface area contributed by atoms with Crippen LogP contribution in [0.5, 0.6) is 0 Å². The number of fused-ring (bicyclic) bond motifs is 2. The average molecular weight is 573 g/mol. The van der Waals surface area contributed by atoms with Gasteiger partial charge in [-0.15, -0.1) is 0 Å². The molecule has 6 fully saturated rings. The second kappa shape index (κ2) is 13.6. The Hall–Kier alpha value is -1.21. The lowest BCUT2D eigenvalue weighted by molar-refractivity contribution is -0.184. The first-order chi connectivity index (χ1) is 19.7. The third-order valence-corrected chi connectivity index (χ3v) is 11.6. The third kappa shape index (κ3) is 6.97. The van der Waals surface area contributed by atoms with E-state index in [9.17, 15) is 15.0 Å². The van der Waals surface area contributed by atoms with Gasteiger partial charge < -0.3 is 26.2 Å². The molecule has 0 spiro atoms. The number of hydroxylamine groups is 2. The van der Waals surface area contributed by atoms with Crippen LogP contribution in [-0.4, -0.2) is 84.3 Å². The molecule has 0 aromatic rings. The van der Waals surface area contributed by atoms with E-state index in [4.69, 9.17) is 4.84 Å². The van der Waals surface area contributed by atoms with Crippen molar-refractivity contribution in [3.63, 3.8) is 0 Å². The number of piperidine rings is 1. The number of amides is 1. The molecule has 2 bridgehead atoms. The van der Waals surface area contributed by atoms with Crippen molar-refractivity contribution < 1.29 is 19.8 Å². The van der Waals surface area contributed by atoms with Gasteiger partial charge in [0.2, 0.25) is 5.91 Å². The Morgan fingerprint density at radius 3 is 2.68 bits per heavy atom. The number of nitrogens with zero attached hydrogens (tertiary/aromatic N) is 1. The molecule has 4 saturated carbocycles. The predicted octanol–water partition coefficient (Wildman–Crippen LogP) is 2.69. The average Bonchev–Trinajstić information content (AvgIpc) is 3.33. The van der Waals surface area contributed by atoms with Gasteiger partial charge >= 0.3 is 0 Å². The van der Waals surface area contributed by atoms with Crippen LogP contribution in [0.15, 0.2) is 0 Å². The molecule has 5 N–H and O–H groups in total. The van der Waals surface area contributed by atoms with Crippen molar-refractivity contribution >= 4 is 5.91 Å². The topological polar surface area (TPSA) is 106 Å². The summed E-state index contributed by atoms with van der Waals surface area (Å²) >= 11 is 0. The summed E-state index contributed by atoms with van der Waals surface area (Å²) in [6, 6.07) is 0.123. The summed E-state index contributed by atoms with van der Waals surface area (Å²) in [6.45, 7) is 12.0. The van der Waals surface area contributed by atoms with E-state index in [1.165, 1.54) is 25.7 Å². The monoisotopic (exact) mass is 572 g/mol. The molecule has 0 aromatic heterocycles. The van der Waals surface area contributed by atoms with E-state index in [1.54, 1.807) is 6.92 Å². The van der Waals surface area contributed by atoms with Crippen molar-refractivity contribution in [2.45, 2.75) is 116 Å². The molecular formula is C33H56N4O4. The lowest BCUT2D eigenvalue weighted by atomic mass is 9.45. The molecule has 3 unspecified atom stereocenters. The van der Waals surface area contributed by atoms with Gasteiger partial charge in [-0.2, -0.15) is 5.06 Å². The Bertz CT molecular complexity index is 941. The summed E-state index contributed by atoms with van der Waals surface area (Å²) in [5, 5.41) is 33.1. The van der Waals surface area contributed by atoms with Gasteiger partial charge in [-0.25, -0.2) is 0 Å². The molecule has 0 aromatic carbocycles. The second-order valence-corrected chi connectivity index (χ2v) is 14.6. The highest BCUT2D eigenvalue weighted by molar-refractivity contribution is 5.82. The van der Waals surface area contributed by atoms with E-state index in [2.05, 4.69) is 48.6 Å². The van der Waals surface area contributed by atoms with Gasteiger partial charge in [0.1, 0.15) is 12.1 Å². The van der Waals surface area contributed by atoms with Crippen molar-refractivity contribution in [2.24, 2.45) is 40.9 Å². The highest BCUT2D eigenvalue weighted by Crippen LogP contribution is 2.61. The summed E-state index contributed by atoms with van der Waals surface area (Å²) in [7, 11) is 0. The van der Waals surface area contributed by atoms with Gasteiger partial charge in [0.15, 0.2) is 0 Å². The molecule has 232 valence electrons. The number of aliphatic hydroxyl groups excluding tert-OH is 2. The SMILES string of the molecule is C[C@@H]1[C@@H](NC(=O)[C@@H]2[C@H]([C@H](C)O)[C@H](CO)ON2CC2CCCC(C#CCNCC3CCCCN3)C2)C[C@H]2C[C@@H]1C2(C)C. The molecule has 8 heteroatoms. The standard InChI is InChI=1S/C33H56N4O4/c1-21-27-16-25(33(27,3)4)17-28(21)36-32(40)31-30(22(2)39)29(20-38)41-37(31)19-24-10-7-9-23(15-24)11-8-13-34-18-26-12-5-6-14-35-26/h21-31,34-35,38-39H,5-7,9-10,12-20H2,1-4H3,(H,36,40)/t21-,22-,23?,24?,25+,26?,27-,28-,29-,30+,31-/m0/s1. The zero-order valence-corrected chi connectivity index (χ0v) is 25.9. The first-order valence-electron chi connectivity index (χ1n) is 16.6. The maximum atomic E-state index is 13.9. The molecule has 6 aliphatic rings. The molecule has 1 amide bonds. The minimum atomic E-state index is -0.759. The van der Waals surface area contributed by atoms with E-state index in [0.29, 0.717) is 47.6 Å². The van der Waals surface area contributed by atoms with E-state index >= 15 is 0 Å². The number of aliphatic hydroxyl groups is 2. The summed E-state index contributed by atoms with van der Waals surface area (Å²) in [5.41, 5.74) is 0.357. The predicted molar refractivity (Wildman–Crippen MR) is 160 cm³/mol. The molecule has 11 atom stereocenters. The Labute approximate surface area is 248 Å². The number of rotatable bonds is 9.